The molecule has 0 saturated heterocycles. The van der Waals surface area contributed by atoms with Gasteiger partial charge < -0.3 is 10.3 Å². The number of halogens is 3. The summed E-state index contributed by atoms with van der Waals surface area (Å²) in [6.45, 7) is -1.27. The van der Waals surface area contributed by atoms with Crippen LogP contribution in [0.3, 0.4) is 0 Å². The number of nitro groups is 1. The van der Waals surface area contributed by atoms with Gasteiger partial charge in [-0.2, -0.15) is 13.2 Å². The van der Waals surface area contributed by atoms with Crippen LogP contribution < -0.4 is 16.2 Å². The third-order valence-electron chi connectivity index (χ3n) is 1.96. The number of hydrogen-bond donors (Lipinski definition) is 2. The fourth-order valence-electron chi connectivity index (χ4n) is 1.23. The average molecular weight is 265 g/mol. The fourth-order valence-corrected chi connectivity index (χ4v) is 1.23. The maximum absolute atomic E-state index is 12.2. The molecule has 0 aliphatic heterocycles. The Kier molecular flexibility index (Phi) is 3.91. The maximum atomic E-state index is 12.2. The van der Waals surface area contributed by atoms with Crippen LogP contribution in [0, 0.1) is 10.1 Å². The molecule has 0 aliphatic rings. The van der Waals surface area contributed by atoms with Crippen molar-refractivity contribution in [1.82, 2.24) is 4.98 Å². The highest BCUT2D eigenvalue weighted by Gasteiger charge is 2.30. The maximum Gasteiger partial charge on any atom is 0.405 e. The van der Waals surface area contributed by atoms with Crippen LogP contribution in [-0.2, 0) is 0 Å². The number of hydrogen-bond acceptors (Lipinski definition) is 6. The van der Waals surface area contributed by atoms with Crippen LogP contribution in [0.4, 0.5) is 30.5 Å². The van der Waals surface area contributed by atoms with E-state index in [1.54, 1.807) is 0 Å². The van der Waals surface area contributed by atoms with E-state index in [0.717, 1.165) is 24.1 Å². The Labute approximate surface area is 99.5 Å². The van der Waals surface area contributed by atoms with E-state index in [2.05, 4.69) is 10.4 Å². The third kappa shape index (κ3) is 3.73. The summed E-state index contributed by atoms with van der Waals surface area (Å²) in [5.74, 6) is 4.75. The number of anilines is 2. The Morgan fingerprint density at radius 1 is 1.56 bits per heavy atom. The highest BCUT2D eigenvalue weighted by Crippen LogP contribution is 2.24. The Hall–Kier alpha value is -2.10. The van der Waals surface area contributed by atoms with Crippen LogP contribution in [0.25, 0.3) is 0 Å². The molecule has 0 atom stereocenters. The van der Waals surface area contributed by atoms with Gasteiger partial charge in [-0.3, -0.25) is 10.1 Å². The summed E-state index contributed by atoms with van der Waals surface area (Å²) >= 11 is 0. The van der Waals surface area contributed by atoms with Gasteiger partial charge in [0.1, 0.15) is 18.2 Å². The first-order valence-corrected chi connectivity index (χ1v) is 4.64. The minimum Gasteiger partial charge on any atom is -0.350 e. The second-order valence-electron chi connectivity index (χ2n) is 3.44. The van der Waals surface area contributed by atoms with Crippen molar-refractivity contribution in [3.63, 3.8) is 0 Å². The van der Waals surface area contributed by atoms with E-state index >= 15 is 0 Å². The summed E-state index contributed by atoms with van der Waals surface area (Å²) in [4.78, 5) is 14.3. The lowest BCUT2D eigenvalue weighted by molar-refractivity contribution is -0.384. The first kappa shape index (κ1) is 14.0. The summed E-state index contributed by atoms with van der Waals surface area (Å²) in [5.41, 5.74) is 1.66. The van der Waals surface area contributed by atoms with E-state index in [0.29, 0.717) is 0 Å². The van der Waals surface area contributed by atoms with Crippen LogP contribution in [0.2, 0.25) is 0 Å². The molecule has 0 spiro atoms. The van der Waals surface area contributed by atoms with Gasteiger partial charge in [0, 0.05) is 7.05 Å². The smallest absolute Gasteiger partial charge is 0.350 e. The summed E-state index contributed by atoms with van der Waals surface area (Å²) in [6.07, 6.45) is -4.43. The van der Waals surface area contributed by atoms with Crippen molar-refractivity contribution in [1.29, 1.82) is 0 Å². The van der Waals surface area contributed by atoms with E-state index in [9.17, 15) is 23.3 Å². The van der Waals surface area contributed by atoms with Crippen LogP contribution in [-0.4, -0.2) is 29.7 Å². The molecule has 0 fully saturated rings. The molecule has 1 aromatic heterocycles. The first-order chi connectivity index (χ1) is 8.23. The summed E-state index contributed by atoms with van der Waals surface area (Å²) in [5, 5.41) is 10.6. The van der Waals surface area contributed by atoms with E-state index in [1.807, 2.05) is 0 Å². The highest BCUT2D eigenvalue weighted by molar-refractivity contribution is 5.55. The Balaban J connectivity index is 3.07. The number of nitrogens with two attached hydrogens (primary N) is 1. The van der Waals surface area contributed by atoms with E-state index in [4.69, 9.17) is 5.84 Å². The number of alkyl halides is 3. The Bertz CT molecular complexity index is 451. The minimum absolute atomic E-state index is 0.0896. The van der Waals surface area contributed by atoms with Gasteiger partial charge in [0.25, 0.3) is 5.69 Å². The summed E-state index contributed by atoms with van der Waals surface area (Å²) < 4.78 is 36.6. The molecule has 7 nitrogen and oxygen atoms in total. The topological polar surface area (TPSA) is 97.3 Å². The van der Waals surface area contributed by atoms with Gasteiger partial charge in [0.2, 0.25) is 0 Å². The third-order valence-corrected chi connectivity index (χ3v) is 1.96. The van der Waals surface area contributed by atoms with Gasteiger partial charge in [-0.1, -0.05) is 0 Å². The van der Waals surface area contributed by atoms with Crippen molar-refractivity contribution in [2.75, 3.05) is 23.9 Å². The van der Waals surface area contributed by atoms with E-state index < -0.39 is 23.3 Å². The number of hydrazine groups is 1. The van der Waals surface area contributed by atoms with E-state index in [1.165, 1.54) is 0 Å². The van der Waals surface area contributed by atoms with Crippen molar-refractivity contribution in [2.45, 2.75) is 6.18 Å². The zero-order chi connectivity index (χ0) is 13.9. The number of aromatic nitrogens is 1. The van der Waals surface area contributed by atoms with Crippen molar-refractivity contribution in [3.05, 3.63) is 22.2 Å². The van der Waals surface area contributed by atoms with Gasteiger partial charge in [-0.05, 0) is 0 Å². The molecule has 18 heavy (non-hydrogen) atoms. The average Bonchev–Trinajstić information content (AvgIpc) is 2.26. The van der Waals surface area contributed by atoms with Crippen LogP contribution in [0.5, 0.6) is 0 Å². The SMILES string of the molecule is CN(CC(F)(F)F)c1cc([N+](=O)[O-])cc(NN)n1. The number of pyridine rings is 1. The number of rotatable bonds is 4. The van der Waals surface area contributed by atoms with Crippen molar-refractivity contribution in [3.8, 4) is 0 Å². The van der Waals surface area contributed by atoms with Crippen molar-refractivity contribution in [2.24, 2.45) is 5.84 Å². The van der Waals surface area contributed by atoms with Crippen LogP contribution in [0.1, 0.15) is 0 Å². The normalized spacial score (nSPS) is 11.2. The lowest BCUT2D eigenvalue weighted by atomic mass is 10.3. The lowest BCUT2D eigenvalue weighted by Crippen LogP contribution is -2.31. The molecule has 0 amide bonds. The molecular formula is C8H10F3N5O2. The van der Waals surface area contributed by atoms with Crippen molar-refractivity contribution < 1.29 is 18.1 Å². The summed E-state index contributed by atoms with van der Waals surface area (Å²) in [6, 6.07) is 1.96. The second kappa shape index (κ2) is 5.04. The molecule has 10 heteroatoms. The molecule has 1 heterocycles. The number of nitrogen functional groups attached to an aromatic ring is 1. The molecule has 0 aliphatic carbocycles. The van der Waals surface area contributed by atoms with Crippen molar-refractivity contribution >= 4 is 17.3 Å². The van der Waals surface area contributed by atoms with Crippen LogP contribution in [0.15, 0.2) is 12.1 Å². The molecule has 0 radical (unpaired) electrons. The zero-order valence-corrected chi connectivity index (χ0v) is 9.23. The molecular weight excluding hydrogens is 255 g/mol. The van der Waals surface area contributed by atoms with Gasteiger partial charge in [0.15, 0.2) is 0 Å². The zero-order valence-electron chi connectivity index (χ0n) is 9.23. The predicted octanol–water partition coefficient (Wildman–Crippen LogP) is 1.27. The van der Waals surface area contributed by atoms with Crippen LogP contribution >= 0.6 is 0 Å². The quantitative estimate of drug-likeness (QED) is 0.483. The number of nitrogens with zero attached hydrogens (tertiary/aromatic N) is 3. The second-order valence-corrected chi connectivity index (χ2v) is 3.44. The Morgan fingerprint density at radius 3 is 2.61 bits per heavy atom. The molecule has 3 N–H and O–H groups in total. The standard InChI is InChI=1S/C8H10F3N5O2/c1-15(4-8(9,10)11)7-3-5(16(17)18)2-6(13-7)14-12/h2-3H,4,12H2,1H3,(H,13,14). The van der Waals surface area contributed by atoms with Gasteiger partial charge in [-0.25, -0.2) is 10.8 Å². The highest BCUT2D eigenvalue weighted by atomic mass is 19.4. The van der Waals surface area contributed by atoms with Gasteiger partial charge >= 0.3 is 6.18 Å². The molecule has 0 unspecified atom stereocenters. The minimum atomic E-state index is -4.43. The Morgan fingerprint density at radius 2 is 2.17 bits per heavy atom. The molecule has 100 valence electrons. The predicted molar refractivity (Wildman–Crippen MR) is 58.0 cm³/mol. The van der Waals surface area contributed by atoms with E-state index in [-0.39, 0.29) is 11.6 Å². The number of nitrogens with one attached hydrogen (secondary N) is 1. The first-order valence-electron chi connectivity index (χ1n) is 4.64. The monoisotopic (exact) mass is 265 g/mol. The molecule has 0 aromatic carbocycles. The fraction of sp³-hybridized carbons (Fsp3) is 0.375. The lowest BCUT2D eigenvalue weighted by Gasteiger charge is -2.20. The molecule has 1 rings (SSSR count). The molecule has 1 aromatic rings. The molecule has 0 bridgehead atoms. The largest absolute Gasteiger partial charge is 0.405 e. The molecule has 0 saturated carbocycles. The van der Waals surface area contributed by atoms with Gasteiger partial charge in [-0.15, -0.1) is 0 Å². The summed E-state index contributed by atoms with van der Waals surface area (Å²) in [7, 11) is 1.12. The van der Waals surface area contributed by atoms with Gasteiger partial charge in [0.05, 0.1) is 17.1 Å².